The van der Waals surface area contributed by atoms with Crippen LogP contribution < -0.4 is 5.73 Å². The summed E-state index contributed by atoms with van der Waals surface area (Å²) in [5, 5.41) is 9.92. The summed E-state index contributed by atoms with van der Waals surface area (Å²) in [5.41, 5.74) is 6.42. The van der Waals surface area contributed by atoms with Crippen molar-refractivity contribution >= 4 is 49.7 Å². The van der Waals surface area contributed by atoms with Crippen LogP contribution in [0.1, 0.15) is 11.7 Å². The molecule has 0 fully saturated rings. The number of halogens is 2. The highest BCUT2D eigenvalue weighted by Gasteiger charge is 2.43. The van der Waals surface area contributed by atoms with Crippen LogP contribution in [0.15, 0.2) is 24.3 Å². The van der Waals surface area contributed by atoms with Crippen molar-refractivity contribution in [2.75, 3.05) is 12.0 Å². The smallest absolute Gasteiger partial charge is 0.224 e. The Morgan fingerprint density at radius 3 is 2.25 bits per heavy atom. The van der Waals surface area contributed by atoms with Crippen molar-refractivity contribution in [3.8, 4) is 0 Å². The Bertz CT molecular complexity index is 472. The van der Waals surface area contributed by atoms with E-state index in [-0.39, 0.29) is 0 Å². The van der Waals surface area contributed by atoms with Crippen LogP contribution in [0.3, 0.4) is 0 Å². The van der Waals surface area contributed by atoms with E-state index in [1.807, 2.05) is 0 Å². The Hall–Kier alpha value is -0.0500. The fourth-order valence-corrected chi connectivity index (χ4v) is 2.10. The number of rotatable bonds is 3. The zero-order valence-electron chi connectivity index (χ0n) is 8.39. The zero-order chi connectivity index (χ0) is 12.6. The van der Waals surface area contributed by atoms with Gasteiger partial charge in [0.15, 0.2) is 9.84 Å². The Kier molecular flexibility index (Phi) is 4.09. The number of nitrogen functional groups attached to an aromatic ring is 1. The van der Waals surface area contributed by atoms with Gasteiger partial charge in [-0.25, -0.2) is 8.42 Å². The molecule has 0 amide bonds. The summed E-state index contributed by atoms with van der Waals surface area (Å²) in [6.07, 6.45) is -0.335. The minimum atomic E-state index is -3.59. The van der Waals surface area contributed by atoms with Crippen molar-refractivity contribution in [2.24, 2.45) is 0 Å². The molecule has 16 heavy (non-hydrogen) atoms. The number of aliphatic hydroxyl groups excluding tert-OH is 1. The number of aliphatic hydroxyl groups is 1. The molecule has 4 nitrogen and oxygen atoms in total. The monoisotopic (exact) mass is 375 g/mol. The Labute approximate surface area is 113 Å². The third-order valence-corrected chi connectivity index (χ3v) is 7.31. The lowest BCUT2D eigenvalue weighted by Crippen LogP contribution is -2.31. The molecule has 0 unspecified atom stereocenters. The van der Waals surface area contributed by atoms with Crippen LogP contribution in [-0.4, -0.2) is 22.0 Å². The molecule has 0 heterocycles. The summed E-state index contributed by atoms with van der Waals surface area (Å²) in [5.74, 6) is 0. The largest absolute Gasteiger partial charge is 0.399 e. The molecule has 0 radical (unpaired) electrons. The van der Waals surface area contributed by atoms with E-state index in [1.165, 1.54) is 22.6 Å². The summed E-state index contributed by atoms with van der Waals surface area (Å²) in [6, 6.07) is 6.23. The predicted octanol–water partition coefficient (Wildman–Crippen LogP) is 1.67. The van der Waals surface area contributed by atoms with Crippen molar-refractivity contribution in [2.45, 2.75) is 8.32 Å². The van der Waals surface area contributed by atoms with Gasteiger partial charge in [0.05, 0.1) is 0 Å². The number of anilines is 1. The van der Waals surface area contributed by atoms with Gasteiger partial charge in [-0.1, -0.05) is 23.7 Å². The van der Waals surface area contributed by atoms with Crippen LogP contribution in [0.4, 0.5) is 5.69 Å². The van der Waals surface area contributed by atoms with Crippen LogP contribution in [0, 0.1) is 0 Å². The van der Waals surface area contributed by atoms with E-state index in [4.69, 9.17) is 17.3 Å². The first kappa shape index (κ1) is 14.0. The fraction of sp³-hybridized carbons (Fsp3) is 0.333. The van der Waals surface area contributed by atoms with E-state index < -0.39 is 18.2 Å². The maximum absolute atomic E-state index is 11.4. The quantitative estimate of drug-likeness (QED) is 0.478. The Morgan fingerprint density at radius 1 is 1.44 bits per heavy atom. The topological polar surface area (TPSA) is 80.4 Å². The van der Waals surface area contributed by atoms with Gasteiger partial charge in [-0.15, -0.1) is 0 Å². The highest BCUT2D eigenvalue weighted by Crippen LogP contribution is 2.42. The van der Waals surface area contributed by atoms with E-state index in [2.05, 4.69) is 0 Å². The molecule has 1 rings (SSSR count). The maximum atomic E-state index is 11.4. The summed E-state index contributed by atoms with van der Waals surface area (Å²) >= 11 is 7.37. The molecule has 1 aromatic carbocycles. The molecule has 7 heteroatoms. The highest BCUT2D eigenvalue weighted by molar-refractivity contribution is 14.1. The van der Waals surface area contributed by atoms with Crippen LogP contribution in [0.25, 0.3) is 0 Å². The Morgan fingerprint density at radius 2 is 1.88 bits per heavy atom. The van der Waals surface area contributed by atoms with Gasteiger partial charge in [-0.05, 0) is 40.3 Å². The molecule has 0 aromatic heterocycles. The third kappa shape index (κ3) is 2.79. The summed E-state index contributed by atoms with van der Waals surface area (Å²) in [7, 11) is -3.59. The van der Waals surface area contributed by atoms with Crippen LogP contribution in [0.2, 0.25) is 0 Å². The zero-order valence-corrected chi connectivity index (χ0v) is 12.1. The summed E-state index contributed by atoms with van der Waals surface area (Å²) in [6.45, 7) is 0. The predicted molar refractivity (Wildman–Crippen MR) is 73.3 cm³/mol. The normalized spacial score (nSPS) is 17.8. The molecule has 0 aliphatic rings. The van der Waals surface area contributed by atoms with Gasteiger partial charge in [0.25, 0.3) is 0 Å². The van der Waals surface area contributed by atoms with Gasteiger partial charge in [-0.3, -0.25) is 0 Å². The highest BCUT2D eigenvalue weighted by atomic mass is 127. The van der Waals surface area contributed by atoms with Crippen molar-refractivity contribution < 1.29 is 13.5 Å². The molecule has 0 aliphatic heterocycles. The molecule has 0 bridgehead atoms. The molecular formula is C9H11ClINO3S. The van der Waals surface area contributed by atoms with Crippen LogP contribution in [0.5, 0.6) is 0 Å². The lowest BCUT2D eigenvalue weighted by atomic mass is 10.1. The number of alkyl halides is 2. The molecule has 0 aliphatic carbocycles. The van der Waals surface area contributed by atoms with Gasteiger partial charge in [0, 0.05) is 11.9 Å². The number of nitrogens with two attached hydrogens (primary N) is 1. The second-order valence-corrected chi connectivity index (χ2v) is 9.48. The molecule has 0 saturated carbocycles. The average molecular weight is 376 g/mol. The number of sulfone groups is 1. The molecule has 0 spiro atoms. The van der Waals surface area contributed by atoms with E-state index in [1.54, 1.807) is 24.3 Å². The van der Waals surface area contributed by atoms with Crippen LogP contribution in [-0.2, 0) is 9.84 Å². The van der Waals surface area contributed by atoms with E-state index in [0.717, 1.165) is 6.26 Å². The van der Waals surface area contributed by atoms with E-state index in [9.17, 15) is 13.5 Å². The Balaban J connectivity index is 3.12. The SMILES string of the molecule is CS(=O)(=O)[C@@](Cl)(I)[C@@H](O)c1ccc(N)cc1. The number of benzene rings is 1. The lowest BCUT2D eigenvalue weighted by molar-refractivity contribution is 0.188. The van der Waals surface area contributed by atoms with Gasteiger partial charge < -0.3 is 10.8 Å². The minimum Gasteiger partial charge on any atom is -0.399 e. The molecule has 90 valence electrons. The molecule has 2 atom stereocenters. The average Bonchev–Trinajstić information content (AvgIpc) is 2.16. The van der Waals surface area contributed by atoms with Gasteiger partial charge >= 0.3 is 0 Å². The second kappa shape index (κ2) is 4.67. The number of hydrogen-bond acceptors (Lipinski definition) is 4. The van der Waals surface area contributed by atoms with Crippen molar-refractivity contribution in [1.82, 2.24) is 0 Å². The van der Waals surface area contributed by atoms with Gasteiger partial charge in [0.2, 0.25) is 2.21 Å². The summed E-state index contributed by atoms with van der Waals surface area (Å²) in [4.78, 5) is 0. The first-order chi connectivity index (χ1) is 7.16. The second-order valence-electron chi connectivity index (χ2n) is 3.40. The maximum Gasteiger partial charge on any atom is 0.224 e. The van der Waals surface area contributed by atoms with Crippen molar-refractivity contribution in [3.05, 3.63) is 29.8 Å². The summed E-state index contributed by atoms with van der Waals surface area (Å²) < 4.78 is 21.0. The van der Waals surface area contributed by atoms with E-state index in [0.29, 0.717) is 11.3 Å². The van der Waals surface area contributed by atoms with Crippen LogP contribution >= 0.6 is 34.2 Å². The molecule has 1 aromatic rings. The molecule has 3 N–H and O–H groups in total. The number of hydrogen-bond donors (Lipinski definition) is 2. The fourth-order valence-electron chi connectivity index (χ4n) is 1.08. The van der Waals surface area contributed by atoms with Gasteiger partial charge in [-0.2, -0.15) is 0 Å². The first-order valence-electron chi connectivity index (χ1n) is 4.27. The molecule has 0 saturated heterocycles. The third-order valence-electron chi connectivity index (χ3n) is 2.06. The van der Waals surface area contributed by atoms with E-state index >= 15 is 0 Å². The lowest BCUT2D eigenvalue weighted by Gasteiger charge is -2.24. The van der Waals surface area contributed by atoms with Crippen molar-refractivity contribution in [1.29, 1.82) is 0 Å². The first-order valence-corrected chi connectivity index (χ1v) is 7.62. The molecular weight excluding hydrogens is 365 g/mol. The van der Waals surface area contributed by atoms with Crippen molar-refractivity contribution in [3.63, 3.8) is 0 Å². The standard InChI is InChI=1S/C9H11ClINO3S/c1-16(14,15)9(10,11)8(13)6-2-4-7(12)5-3-6/h2-5,8,13H,12H2,1H3/t8-,9-/m0/s1. The minimum absolute atomic E-state index is 0.407. The van der Waals surface area contributed by atoms with Gasteiger partial charge in [0.1, 0.15) is 6.10 Å².